The molecule has 2 aromatic carbocycles. The number of hydrogen-bond donors (Lipinski definition) is 1. The molecule has 1 atom stereocenters. The molecule has 21 heavy (non-hydrogen) atoms. The van der Waals surface area contributed by atoms with Gasteiger partial charge in [0.2, 0.25) is 0 Å². The van der Waals surface area contributed by atoms with Gasteiger partial charge in [-0.25, -0.2) is 4.39 Å². The number of halogens is 5. The first-order valence-electron chi connectivity index (χ1n) is 6.08. The summed E-state index contributed by atoms with van der Waals surface area (Å²) in [6, 6.07) is 6.94. The van der Waals surface area contributed by atoms with Gasteiger partial charge in [0.1, 0.15) is 5.82 Å². The van der Waals surface area contributed by atoms with Crippen LogP contribution in [0.1, 0.15) is 28.3 Å². The van der Waals surface area contributed by atoms with Gasteiger partial charge in [0.05, 0.1) is 11.6 Å². The van der Waals surface area contributed by atoms with Crippen molar-refractivity contribution in [3.63, 3.8) is 0 Å². The summed E-state index contributed by atoms with van der Waals surface area (Å²) in [7, 11) is 0. The largest absolute Gasteiger partial charge is 0.419 e. The van der Waals surface area contributed by atoms with Gasteiger partial charge in [-0.1, -0.05) is 29.8 Å². The van der Waals surface area contributed by atoms with Crippen molar-refractivity contribution in [2.24, 2.45) is 5.73 Å². The zero-order valence-electron chi connectivity index (χ0n) is 11.0. The van der Waals surface area contributed by atoms with Crippen LogP contribution in [0.5, 0.6) is 0 Å². The predicted molar refractivity (Wildman–Crippen MR) is 73.6 cm³/mol. The van der Waals surface area contributed by atoms with Crippen LogP contribution < -0.4 is 5.73 Å². The van der Waals surface area contributed by atoms with E-state index in [1.807, 2.05) is 0 Å². The van der Waals surface area contributed by atoms with Gasteiger partial charge in [-0.3, -0.25) is 0 Å². The Morgan fingerprint density at radius 1 is 1.05 bits per heavy atom. The highest BCUT2D eigenvalue weighted by atomic mass is 35.5. The number of aryl methyl sites for hydroxylation is 1. The van der Waals surface area contributed by atoms with E-state index in [1.54, 1.807) is 25.1 Å². The minimum Gasteiger partial charge on any atom is -0.320 e. The van der Waals surface area contributed by atoms with Gasteiger partial charge in [0, 0.05) is 5.02 Å². The third-order valence-corrected chi connectivity index (χ3v) is 3.62. The number of rotatable bonds is 2. The number of benzene rings is 2. The Balaban J connectivity index is 2.44. The summed E-state index contributed by atoms with van der Waals surface area (Å²) in [5.74, 6) is -1.31. The smallest absolute Gasteiger partial charge is 0.320 e. The minimum absolute atomic E-state index is 0.186. The van der Waals surface area contributed by atoms with Crippen LogP contribution in [0.2, 0.25) is 5.02 Å². The molecule has 1 nitrogen and oxygen atoms in total. The molecule has 6 heteroatoms. The first-order valence-corrected chi connectivity index (χ1v) is 6.46. The van der Waals surface area contributed by atoms with Crippen LogP contribution in [0.3, 0.4) is 0 Å². The topological polar surface area (TPSA) is 26.0 Å². The number of nitrogens with two attached hydrogens (primary N) is 1. The second-order valence-electron chi connectivity index (χ2n) is 4.72. The van der Waals surface area contributed by atoms with Gasteiger partial charge in [0.25, 0.3) is 0 Å². The Morgan fingerprint density at radius 3 is 2.19 bits per heavy atom. The molecule has 1 unspecified atom stereocenters. The fourth-order valence-electron chi connectivity index (χ4n) is 2.01. The lowest BCUT2D eigenvalue weighted by Crippen LogP contribution is -2.15. The van der Waals surface area contributed by atoms with Crippen molar-refractivity contribution >= 4 is 11.6 Å². The molecule has 112 valence electrons. The molecule has 0 bridgehead atoms. The molecule has 2 aromatic rings. The lowest BCUT2D eigenvalue weighted by molar-refractivity contribution is -0.140. The van der Waals surface area contributed by atoms with Gasteiger partial charge in [-0.2, -0.15) is 13.2 Å². The summed E-state index contributed by atoms with van der Waals surface area (Å²) >= 11 is 5.90. The van der Waals surface area contributed by atoms with E-state index < -0.39 is 23.6 Å². The molecule has 0 aliphatic carbocycles. The monoisotopic (exact) mass is 317 g/mol. The van der Waals surface area contributed by atoms with Crippen molar-refractivity contribution in [3.05, 3.63) is 69.5 Å². The summed E-state index contributed by atoms with van der Waals surface area (Å²) in [5, 5.41) is 0.543. The van der Waals surface area contributed by atoms with Crippen molar-refractivity contribution in [2.75, 3.05) is 0 Å². The molecule has 0 amide bonds. The Bertz CT molecular complexity index is 667. The molecule has 0 aliphatic heterocycles. The van der Waals surface area contributed by atoms with Crippen molar-refractivity contribution in [1.82, 2.24) is 0 Å². The summed E-state index contributed by atoms with van der Waals surface area (Å²) in [6.45, 7) is 1.77. The van der Waals surface area contributed by atoms with Gasteiger partial charge in [-0.15, -0.1) is 0 Å². The Morgan fingerprint density at radius 2 is 1.62 bits per heavy atom. The highest BCUT2D eigenvalue weighted by Gasteiger charge is 2.34. The zero-order valence-corrected chi connectivity index (χ0v) is 11.8. The standard InChI is InChI=1S/C15H12ClF4N/c1-8-6-9(2-4-12(8)16)14(21)10-3-5-13(17)11(7-10)15(18,19)20/h2-7,14H,21H2,1H3. The lowest BCUT2D eigenvalue weighted by atomic mass is 9.96. The highest BCUT2D eigenvalue weighted by molar-refractivity contribution is 6.31. The van der Waals surface area contributed by atoms with Crippen LogP contribution in [0.15, 0.2) is 36.4 Å². The number of alkyl halides is 3. The van der Waals surface area contributed by atoms with Crippen LogP contribution in [-0.4, -0.2) is 0 Å². The summed E-state index contributed by atoms with van der Waals surface area (Å²) in [6.07, 6.45) is -4.75. The molecule has 0 saturated heterocycles. The van der Waals surface area contributed by atoms with Crippen molar-refractivity contribution in [3.8, 4) is 0 Å². The second kappa shape index (κ2) is 5.66. The van der Waals surface area contributed by atoms with E-state index in [1.165, 1.54) is 6.07 Å². The molecule has 0 aliphatic rings. The Kier molecular flexibility index (Phi) is 4.25. The second-order valence-corrected chi connectivity index (χ2v) is 5.13. The van der Waals surface area contributed by atoms with Gasteiger partial charge in [0.15, 0.2) is 0 Å². The maximum atomic E-state index is 13.3. The van der Waals surface area contributed by atoms with Crippen LogP contribution >= 0.6 is 11.6 Å². The fraction of sp³-hybridized carbons (Fsp3) is 0.200. The lowest BCUT2D eigenvalue weighted by Gasteiger charge is -2.16. The van der Waals surface area contributed by atoms with Crippen LogP contribution in [0, 0.1) is 12.7 Å². The Labute approximate surface area is 124 Å². The van der Waals surface area contributed by atoms with Gasteiger partial charge in [-0.05, 0) is 41.8 Å². The summed E-state index contributed by atoms with van der Waals surface area (Å²) in [4.78, 5) is 0. The van der Waals surface area contributed by atoms with Crippen LogP contribution in [-0.2, 0) is 6.18 Å². The molecule has 2 rings (SSSR count). The van der Waals surface area contributed by atoms with Gasteiger partial charge < -0.3 is 5.73 Å². The van der Waals surface area contributed by atoms with E-state index in [-0.39, 0.29) is 5.56 Å². The third-order valence-electron chi connectivity index (χ3n) is 3.20. The average molecular weight is 318 g/mol. The zero-order chi connectivity index (χ0) is 15.8. The Hall–Kier alpha value is -1.59. The highest BCUT2D eigenvalue weighted by Crippen LogP contribution is 2.34. The minimum atomic E-state index is -4.75. The molecular formula is C15H12ClF4N. The normalized spacial score (nSPS) is 13.3. The van der Waals surface area contributed by atoms with Crippen LogP contribution in [0.4, 0.5) is 17.6 Å². The third kappa shape index (κ3) is 3.36. The summed E-state index contributed by atoms with van der Waals surface area (Å²) < 4.78 is 51.4. The number of hydrogen-bond acceptors (Lipinski definition) is 1. The molecule has 0 radical (unpaired) electrons. The van der Waals surface area contributed by atoms with E-state index in [0.717, 1.165) is 17.7 Å². The van der Waals surface area contributed by atoms with E-state index >= 15 is 0 Å². The fourth-order valence-corrected chi connectivity index (χ4v) is 2.12. The molecule has 2 N–H and O–H groups in total. The molecule has 0 spiro atoms. The first-order chi connectivity index (χ1) is 9.70. The van der Waals surface area contributed by atoms with Crippen molar-refractivity contribution in [1.29, 1.82) is 0 Å². The van der Waals surface area contributed by atoms with E-state index in [9.17, 15) is 17.6 Å². The van der Waals surface area contributed by atoms with Gasteiger partial charge >= 0.3 is 6.18 Å². The molecule has 0 heterocycles. The van der Waals surface area contributed by atoms with E-state index in [2.05, 4.69) is 0 Å². The maximum Gasteiger partial charge on any atom is 0.419 e. The van der Waals surface area contributed by atoms with E-state index in [0.29, 0.717) is 10.6 Å². The molecular weight excluding hydrogens is 306 g/mol. The van der Waals surface area contributed by atoms with Crippen LogP contribution in [0.25, 0.3) is 0 Å². The van der Waals surface area contributed by atoms with E-state index in [4.69, 9.17) is 17.3 Å². The SMILES string of the molecule is Cc1cc(C(N)c2ccc(F)c(C(F)(F)F)c2)ccc1Cl. The molecule has 0 saturated carbocycles. The average Bonchev–Trinajstić information content (AvgIpc) is 2.40. The predicted octanol–water partition coefficient (Wildman–Crippen LogP) is 4.85. The molecule has 0 fully saturated rings. The summed E-state index contributed by atoms with van der Waals surface area (Å²) in [5.41, 5.74) is 6.21. The quantitative estimate of drug-likeness (QED) is 0.787. The maximum absolute atomic E-state index is 13.3. The molecule has 0 aromatic heterocycles. The van der Waals surface area contributed by atoms with Crippen molar-refractivity contribution < 1.29 is 17.6 Å². The van der Waals surface area contributed by atoms with Crippen molar-refractivity contribution in [2.45, 2.75) is 19.1 Å². The first kappa shape index (κ1) is 15.8.